The van der Waals surface area contributed by atoms with Crippen LogP contribution < -0.4 is 10.5 Å². The zero-order valence-electron chi connectivity index (χ0n) is 11.6. The number of hydrogen-bond donors (Lipinski definition) is 1. The number of nitrogens with two attached hydrogens (primary N) is 1. The minimum Gasteiger partial charge on any atom is -0.496 e. The van der Waals surface area contributed by atoms with Gasteiger partial charge in [-0.2, -0.15) is 13.2 Å². The van der Waals surface area contributed by atoms with E-state index in [-0.39, 0.29) is 24.3 Å². The molecule has 112 valence electrons. The number of alkyl halides is 3. The molecule has 0 bridgehead atoms. The predicted octanol–water partition coefficient (Wildman–Crippen LogP) is 3.88. The van der Waals surface area contributed by atoms with E-state index >= 15 is 0 Å². The van der Waals surface area contributed by atoms with Crippen LogP contribution in [0.25, 0.3) is 11.1 Å². The first-order chi connectivity index (χ1) is 9.97. The summed E-state index contributed by atoms with van der Waals surface area (Å²) in [7, 11) is 1.37. The van der Waals surface area contributed by atoms with E-state index in [0.29, 0.717) is 5.56 Å². The van der Waals surface area contributed by atoms with E-state index in [0.717, 1.165) is 11.6 Å². The van der Waals surface area contributed by atoms with Crippen LogP contribution in [0.2, 0.25) is 0 Å². The van der Waals surface area contributed by atoms with E-state index in [4.69, 9.17) is 10.5 Å². The van der Waals surface area contributed by atoms with Crippen LogP contribution in [0.4, 0.5) is 13.2 Å². The molecule has 2 aromatic carbocycles. The van der Waals surface area contributed by atoms with Gasteiger partial charge in [0.2, 0.25) is 0 Å². The molecule has 0 spiro atoms. The van der Waals surface area contributed by atoms with Gasteiger partial charge in [0.25, 0.3) is 0 Å². The Balaban J connectivity index is 2.64. The lowest BCUT2D eigenvalue weighted by atomic mass is 9.96. The van der Waals surface area contributed by atoms with Gasteiger partial charge < -0.3 is 10.5 Å². The third-order valence-corrected chi connectivity index (χ3v) is 3.23. The van der Waals surface area contributed by atoms with Crippen molar-refractivity contribution in [2.24, 2.45) is 5.73 Å². The van der Waals surface area contributed by atoms with Crippen molar-refractivity contribution in [1.29, 1.82) is 0 Å². The fraction of sp³-hybridized carbons (Fsp3) is 0.250. The Morgan fingerprint density at radius 2 is 1.76 bits per heavy atom. The van der Waals surface area contributed by atoms with Crippen molar-refractivity contribution in [2.45, 2.75) is 12.6 Å². The number of methoxy groups -OCH3 is 1. The van der Waals surface area contributed by atoms with Crippen molar-refractivity contribution in [3.8, 4) is 16.9 Å². The average molecular weight is 295 g/mol. The van der Waals surface area contributed by atoms with Crippen LogP contribution in [0.1, 0.15) is 11.1 Å². The first-order valence-electron chi connectivity index (χ1n) is 6.51. The minimum absolute atomic E-state index is 0.156. The van der Waals surface area contributed by atoms with E-state index in [9.17, 15) is 13.2 Å². The molecule has 0 aliphatic heterocycles. The molecule has 2 N–H and O–H groups in total. The number of halogens is 3. The molecule has 21 heavy (non-hydrogen) atoms. The second-order valence-corrected chi connectivity index (χ2v) is 4.61. The van der Waals surface area contributed by atoms with Crippen LogP contribution in [0.5, 0.6) is 5.75 Å². The maximum Gasteiger partial charge on any atom is 0.416 e. The molecular formula is C16H16F3NO. The van der Waals surface area contributed by atoms with E-state index in [1.54, 1.807) is 0 Å². The lowest BCUT2D eigenvalue weighted by molar-refractivity contribution is -0.138. The summed E-state index contributed by atoms with van der Waals surface area (Å²) in [5.74, 6) is 0.203. The molecule has 0 atom stereocenters. The summed E-state index contributed by atoms with van der Waals surface area (Å²) < 4.78 is 44.5. The van der Waals surface area contributed by atoms with Gasteiger partial charge in [0.05, 0.1) is 12.7 Å². The summed E-state index contributed by atoms with van der Waals surface area (Å²) >= 11 is 0. The second kappa shape index (κ2) is 6.18. The van der Waals surface area contributed by atoms with Gasteiger partial charge in [0.1, 0.15) is 5.75 Å². The predicted molar refractivity (Wildman–Crippen MR) is 76.2 cm³/mol. The molecule has 5 heteroatoms. The molecule has 0 aliphatic carbocycles. The maximum absolute atomic E-state index is 13.1. The zero-order valence-corrected chi connectivity index (χ0v) is 11.6. The van der Waals surface area contributed by atoms with Crippen LogP contribution in [-0.4, -0.2) is 13.7 Å². The van der Waals surface area contributed by atoms with Gasteiger partial charge in [0.15, 0.2) is 0 Å². The van der Waals surface area contributed by atoms with Crippen molar-refractivity contribution in [1.82, 2.24) is 0 Å². The first kappa shape index (κ1) is 15.4. The van der Waals surface area contributed by atoms with Crippen LogP contribution in [0, 0.1) is 0 Å². The average Bonchev–Trinajstić information content (AvgIpc) is 2.47. The van der Waals surface area contributed by atoms with Crippen molar-refractivity contribution in [3.63, 3.8) is 0 Å². The molecule has 0 saturated carbocycles. The smallest absolute Gasteiger partial charge is 0.416 e. The topological polar surface area (TPSA) is 35.2 Å². The fourth-order valence-corrected chi connectivity index (χ4v) is 2.26. The summed E-state index contributed by atoms with van der Waals surface area (Å²) in [4.78, 5) is 0. The molecule has 0 radical (unpaired) electrons. The van der Waals surface area contributed by atoms with Gasteiger partial charge >= 0.3 is 6.18 Å². The molecule has 0 saturated heterocycles. The molecule has 2 aromatic rings. The minimum atomic E-state index is -4.42. The highest BCUT2D eigenvalue weighted by Crippen LogP contribution is 2.39. The standard InChI is InChI=1S/C16H16F3NO/c1-21-15-10-14(16(17,18)19)12(7-8-20)9-13(15)11-5-3-2-4-6-11/h2-6,9-10H,7-8,20H2,1H3. The van der Waals surface area contributed by atoms with Gasteiger partial charge in [-0.05, 0) is 36.2 Å². The maximum atomic E-state index is 13.1. The summed E-state index contributed by atoms with van der Waals surface area (Å²) in [5.41, 5.74) is 6.37. The van der Waals surface area contributed by atoms with Crippen LogP contribution in [0.15, 0.2) is 42.5 Å². The summed E-state index contributed by atoms with van der Waals surface area (Å²) in [6.07, 6.45) is -4.26. The van der Waals surface area contributed by atoms with Gasteiger partial charge in [-0.1, -0.05) is 30.3 Å². The molecular weight excluding hydrogens is 279 g/mol. The van der Waals surface area contributed by atoms with Crippen LogP contribution in [0.3, 0.4) is 0 Å². The summed E-state index contributed by atoms with van der Waals surface area (Å²) in [6.45, 7) is 0.156. The lowest BCUT2D eigenvalue weighted by Crippen LogP contribution is -2.13. The molecule has 0 unspecified atom stereocenters. The Labute approximate surface area is 121 Å². The van der Waals surface area contributed by atoms with E-state index in [1.165, 1.54) is 13.2 Å². The van der Waals surface area contributed by atoms with Gasteiger partial charge in [-0.3, -0.25) is 0 Å². The zero-order chi connectivity index (χ0) is 15.5. The Bertz CT molecular complexity index is 609. The van der Waals surface area contributed by atoms with E-state index in [2.05, 4.69) is 0 Å². The third kappa shape index (κ3) is 3.36. The Morgan fingerprint density at radius 3 is 2.29 bits per heavy atom. The summed E-state index contributed by atoms with van der Waals surface area (Å²) in [5, 5.41) is 0. The van der Waals surface area contributed by atoms with Crippen molar-refractivity contribution < 1.29 is 17.9 Å². The first-order valence-corrected chi connectivity index (χ1v) is 6.51. The SMILES string of the molecule is COc1cc(C(F)(F)F)c(CCN)cc1-c1ccccc1. The van der Waals surface area contributed by atoms with Crippen LogP contribution in [-0.2, 0) is 12.6 Å². The van der Waals surface area contributed by atoms with Crippen molar-refractivity contribution in [3.05, 3.63) is 53.6 Å². The lowest BCUT2D eigenvalue weighted by Gasteiger charge is -2.17. The van der Waals surface area contributed by atoms with Crippen molar-refractivity contribution in [2.75, 3.05) is 13.7 Å². The molecule has 2 rings (SSSR count). The second-order valence-electron chi connectivity index (χ2n) is 4.61. The number of benzene rings is 2. The fourth-order valence-electron chi connectivity index (χ4n) is 2.26. The summed E-state index contributed by atoms with van der Waals surface area (Å²) in [6, 6.07) is 11.7. The molecule has 2 nitrogen and oxygen atoms in total. The largest absolute Gasteiger partial charge is 0.496 e. The number of rotatable bonds is 4. The monoisotopic (exact) mass is 295 g/mol. The van der Waals surface area contributed by atoms with Gasteiger partial charge in [-0.15, -0.1) is 0 Å². The normalized spacial score (nSPS) is 11.5. The van der Waals surface area contributed by atoms with Crippen LogP contribution >= 0.6 is 0 Å². The Hall–Kier alpha value is -2.01. The highest BCUT2D eigenvalue weighted by atomic mass is 19.4. The van der Waals surface area contributed by atoms with E-state index in [1.807, 2.05) is 30.3 Å². The molecule has 0 aliphatic rings. The third-order valence-electron chi connectivity index (χ3n) is 3.23. The Kier molecular flexibility index (Phi) is 4.53. The van der Waals surface area contributed by atoms with E-state index < -0.39 is 11.7 Å². The highest BCUT2D eigenvalue weighted by molar-refractivity contribution is 5.72. The Morgan fingerprint density at radius 1 is 1.10 bits per heavy atom. The van der Waals surface area contributed by atoms with Gasteiger partial charge in [0, 0.05) is 5.56 Å². The molecule has 0 aromatic heterocycles. The van der Waals surface area contributed by atoms with Gasteiger partial charge in [-0.25, -0.2) is 0 Å². The van der Waals surface area contributed by atoms with Crippen molar-refractivity contribution >= 4 is 0 Å². The highest BCUT2D eigenvalue weighted by Gasteiger charge is 2.34. The number of hydrogen-bond acceptors (Lipinski definition) is 2. The molecule has 0 amide bonds. The molecule has 0 heterocycles. The number of ether oxygens (including phenoxy) is 1. The molecule has 0 fully saturated rings. The quantitative estimate of drug-likeness (QED) is 0.929.